The van der Waals surface area contributed by atoms with E-state index in [0.29, 0.717) is 28.9 Å². The van der Waals surface area contributed by atoms with Gasteiger partial charge in [0.1, 0.15) is 4.21 Å². The molecule has 4 rings (SSSR count). The summed E-state index contributed by atoms with van der Waals surface area (Å²) in [5, 5.41) is 3.38. The lowest BCUT2D eigenvalue weighted by atomic mass is 9.99. The second-order valence-corrected chi connectivity index (χ2v) is 11.1. The molecule has 1 amide bonds. The van der Waals surface area contributed by atoms with E-state index in [1.54, 1.807) is 6.07 Å². The van der Waals surface area contributed by atoms with Crippen LogP contribution in [-0.2, 0) is 14.8 Å². The number of nitrogens with one attached hydrogen (secondary N) is 1. The number of halogens is 1. The third-order valence-corrected chi connectivity index (χ3v) is 8.94. The van der Waals surface area contributed by atoms with Gasteiger partial charge in [0.2, 0.25) is 5.91 Å². The molecule has 10 heteroatoms. The molecule has 6 nitrogen and oxygen atoms in total. The highest BCUT2D eigenvalue weighted by molar-refractivity contribution is 7.91. The van der Waals surface area contributed by atoms with Crippen molar-refractivity contribution in [2.75, 3.05) is 18.4 Å². The molecular weight excluding hydrogens is 426 g/mol. The van der Waals surface area contributed by atoms with Crippen LogP contribution in [0.5, 0.6) is 0 Å². The van der Waals surface area contributed by atoms with Crippen LogP contribution in [0.25, 0.3) is 10.2 Å². The molecule has 3 aromatic rings. The first-order valence-electron chi connectivity index (χ1n) is 8.35. The van der Waals surface area contributed by atoms with Crippen LogP contribution < -0.4 is 5.32 Å². The first kappa shape index (κ1) is 18.8. The Balaban J connectivity index is 1.48. The van der Waals surface area contributed by atoms with Gasteiger partial charge in [0, 0.05) is 13.1 Å². The summed E-state index contributed by atoms with van der Waals surface area (Å²) in [6.07, 6.45) is 1.28. The second kappa shape index (κ2) is 7.48. The molecule has 3 heterocycles. The van der Waals surface area contributed by atoms with Crippen molar-refractivity contribution in [2.45, 2.75) is 17.1 Å². The Hall–Kier alpha value is -1.52. The number of thiazole rings is 1. The number of rotatable bonds is 4. The van der Waals surface area contributed by atoms with E-state index in [2.05, 4.69) is 10.3 Å². The molecule has 1 atom stereocenters. The average molecular weight is 442 g/mol. The summed E-state index contributed by atoms with van der Waals surface area (Å²) in [5.74, 6) is -0.603. The van der Waals surface area contributed by atoms with Crippen LogP contribution in [0.15, 0.2) is 40.6 Å². The molecule has 0 radical (unpaired) electrons. The van der Waals surface area contributed by atoms with Crippen LogP contribution in [0.4, 0.5) is 5.13 Å². The van der Waals surface area contributed by atoms with Crippen LogP contribution in [0.3, 0.4) is 0 Å². The molecule has 2 aromatic heterocycles. The molecule has 0 bridgehead atoms. The predicted molar refractivity (Wildman–Crippen MR) is 109 cm³/mol. The first-order chi connectivity index (χ1) is 12.9. The maximum atomic E-state index is 12.8. The summed E-state index contributed by atoms with van der Waals surface area (Å²) < 4.78 is 28.6. The van der Waals surface area contributed by atoms with Gasteiger partial charge in [0.25, 0.3) is 10.0 Å². The fourth-order valence-corrected chi connectivity index (χ4v) is 7.10. The van der Waals surface area contributed by atoms with E-state index in [9.17, 15) is 13.2 Å². The molecule has 1 aromatic carbocycles. The molecule has 1 aliphatic heterocycles. The minimum atomic E-state index is -3.63. The van der Waals surface area contributed by atoms with Crippen LogP contribution in [0.2, 0.25) is 4.34 Å². The zero-order chi connectivity index (χ0) is 19.0. The second-order valence-electron chi connectivity index (χ2n) is 6.24. The summed E-state index contributed by atoms with van der Waals surface area (Å²) in [5.41, 5.74) is 0.834. The fourth-order valence-electron chi connectivity index (χ4n) is 3.07. The zero-order valence-electron chi connectivity index (χ0n) is 14.1. The van der Waals surface area contributed by atoms with Crippen molar-refractivity contribution in [3.63, 3.8) is 0 Å². The van der Waals surface area contributed by atoms with Gasteiger partial charge in [0.15, 0.2) is 5.13 Å². The van der Waals surface area contributed by atoms with E-state index in [4.69, 9.17) is 11.6 Å². The molecular formula is C17H16ClN3O3S3. The van der Waals surface area contributed by atoms with Crippen molar-refractivity contribution >= 4 is 65.6 Å². The SMILES string of the molecule is O=C(Nc1nc2ccccc2s1)C1CCCN(S(=O)(=O)c2ccc(Cl)s2)C1. The number of carbonyl (C=O) groups is 1. The van der Waals surface area contributed by atoms with E-state index in [1.807, 2.05) is 24.3 Å². The first-order valence-corrected chi connectivity index (χ1v) is 11.8. The highest BCUT2D eigenvalue weighted by Crippen LogP contribution is 2.31. The van der Waals surface area contributed by atoms with Crippen LogP contribution in [0, 0.1) is 5.92 Å². The van der Waals surface area contributed by atoms with Gasteiger partial charge in [0.05, 0.1) is 20.5 Å². The van der Waals surface area contributed by atoms with Gasteiger partial charge in [-0.15, -0.1) is 11.3 Å². The third kappa shape index (κ3) is 3.88. The normalized spacial score (nSPS) is 18.6. The standard InChI is InChI=1S/C17H16ClN3O3S3/c18-14-7-8-15(26-14)27(23,24)21-9-3-4-11(10-21)16(22)20-17-19-12-5-1-2-6-13(12)25-17/h1-2,5-8,11H,3-4,9-10H2,(H,19,20,22). The molecule has 1 unspecified atom stereocenters. The maximum absolute atomic E-state index is 12.8. The Labute approximate surface area is 169 Å². The van der Waals surface area contributed by atoms with Crippen molar-refractivity contribution in [1.29, 1.82) is 0 Å². The Morgan fingerprint density at radius 1 is 1.22 bits per heavy atom. The molecule has 1 N–H and O–H groups in total. The smallest absolute Gasteiger partial charge is 0.252 e. The highest BCUT2D eigenvalue weighted by Gasteiger charge is 2.34. The van der Waals surface area contributed by atoms with E-state index >= 15 is 0 Å². The molecule has 142 valence electrons. The van der Waals surface area contributed by atoms with Gasteiger partial charge in [-0.05, 0) is 37.1 Å². The Morgan fingerprint density at radius 2 is 2.04 bits per heavy atom. The Kier molecular flexibility index (Phi) is 5.21. The van der Waals surface area contributed by atoms with Gasteiger partial charge < -0.3 is 5.32 Å². The molecule has 0 saturated carbocycles. The zero-order valence-corrected chi connectivity index (χ0v) is 17.3. The number of fused-ring (bicyclic) bond motifs is 1. The number of amides is 1. The predicted octanol–water partition coefficient (Wildman–Crippen LogP) is 4.05. The summed E-state index contributed by atoms with van der Waals surface area (Å²) in [6.45, 7) is 0.567. The summed E-state index contributed by atoms with van der Waals surface area (Å²) in [6, 6.07) is 10.7. The molecule has 0 spiro atoms. The summed E-state index contributed by atoms with van der Waals surface area (Å²) >= 11 is 8.31. The van der Waals surface area contributed by atoms with E-state index in [1.165, 1.54) is 21.7 Å². The number of aromatic nitrogens is 1. The highest BCUT2D eigenvalue weighted by atomic mass is 35.5. The number of thiophene rings is 1. The number of hydrogen-bond acceptors (Lipinski definition) is 6. The number of benzene rings is 1. The third-order valence-electron chi connectivity index (χ3n) is 4.42. The number of piperidine rings is 1. The van der Waals surface area contributed by atoms with Crippen molar-refractivity contribution in [1.82, 2.24) is 9.29 Å². The number of para-hydroxylation sites is 1. The monoisotopic (exact) mass is 441 g/mol. The Bertz CT molecular complexity index is 1060. The quantitative estimate of drug-likeness (QED) is 0.662. The topological polar surface area (TPSA) is 79.4 Å². The fraction of sp³-hybridized carbons (Fsp3) is 0.294. The van der Waals surface area contributed by atoms with Crippen LogP contribution in [-0.4, -0.2) is 36.7 Å². The maximum Gasteiger partial charge on any atom is 0.252 e. The number of nitrogens with zero attached hydrogens (tertiary/aromatic N) is 2. The minimum absolute atomic E-state index is 0.161. The lowest BCUT2D eigenvalue weighted by molar-refractivity contribution is -0.120. The van der Waals surface area contributed by atoms with E-state index in [0.717, 1.165) is 21.6 Å². The molecule has 1 aliphatic rings. The van der Waals surface area contributed by atoms with E-state index < -0.39 is 15.9 Å². The number of anilines is 1. The van der Waals surface area contributed by atoms with Crippen molar-refractivity contribution in [2.24, 2.45) is 5.92 Å². The number of sulfonamides is 1. The van der Waals surface area contributed by atoms with Gasteiger partial charge >= 0.3 is 0 Å². The van der Waals surface area contributed by atoms with Crippen molar-refractivity contribution < 1.29 is 13.2 Å². The van der Waals surface area contributed by atoms with Crippen LogP contribution >= 0.6 is 34.3 Å². The summed E-state index contributed by atoms with van der Waals surface area (Å²) in [7, 11) is -3.63. The molecule has 1 fully saturated rings. The average Bonchev–Trinajstić information content (AvgIpc) is 3.27. The Morgan fingerprint density at radius 3 is 2.78 bits per heavy atom. The van der Waals surface area contributed by atoms with Gasteiger partial charge in [-0.2, -0.15) is 4.31 Å². The molecule has 0 aliphatic carbocycles. The van der Waals surface area contributed by atoms with Gasteiger partial charge in [-0.25, -0.2) is 13.4 Å². The molecule has 1 saturated heterocycles. The van der Waals surface area contributed by atoms with Crippen molar-refractivity contribution in [3.05, 3.63) is 40.7 Å². The number of carbonyl (C=O) groups excluding carboxylic acids is 1. The lowest BCUT2D eigenvalue weighted by Gasteiger charge is -2.30. The van der Waals surface area contributed by atoms with Crippen LogP contribution in [0.1, 0.15) is 12.8 Å². The van der Waals surface area contributed by atoms with Gasteiger partial charge in [-0.3, -0.25) is 4.79 Å². The largest absolute Gasteiger partial charge is 0.302 e. The minimum Gasteiger partial charge on any atom is -0.302 e. The number of hydrogen-bond donors (Lipinski definition) is 1. The lowest BCUT2D eigenvalue weighted by Crippen LogP contribution is -2.43. The summed E-state index contributed by atoms with van der Waals surface area (Å²) in [4.78, 5) is 17.1. The van der Waals surface area contributed by atoms with E-state index in [-0.39, 0.29) is 16.7 Å². The molecule has 27 heavy (non-hydrogen) atoms. The van der Waals surface area contributed by atoms with Crippen molar-refractivity contribution in [3.8, 4) is 0 Å². The van der Waals surface area contributed by atoms with Gasteiger partial charge in [-0.1, -0.05) is 35.1 Å².